The molecule has 0 fully saturated rings. The van der Waals surface area contributed by atoms with Gasteiger partial charge in [0.2, 0.25) is 0 Å². The van der Waals surface area contributed by atoms with Crippen LogP contribution in [0.1, 0.15) is 21.7 Å². The van der Waals surface area contributed by atoms with Crippen molar-refractivity contribution in [1.82, 2.24) is 0 Å². The fraction of sp³-hybridized carbons (Fsp3) is 0.154. The van der Waals surface area contributed by atoms with Gasteiger partial charge in [-0.1, -0.05) is 29.3 Å². The molecule has 0 bridgehead atoms. The molecule has 1 aromatic carbocycles. The second-order valence-corrected chi connectivity index (χ2v) is 4.61. The summed E-state index contributed by atoms with van der Waals surface area (Å²) < 4.78 is 5.10. The van der Waals surface area contributed by atoms with Crippen molar-refractivity contribution in [3.63, 3.8) is 0 Å². The first-order valence-corrected chi connectivity index (χ1v) is 5.84. The standard InChI is InChI=1S/C13H10Cl2O2/c1-8-4-10(7-17-8)13(16)6-9-2-3-11(14)12(15)5-9/h2-5,7H,6H2,1H3. The monoisotopic (exact) mass is 268 g/mol. The summed E-state index contributed by atoms with van der Waals surface area (Å²) in [4.78, 5) is 11.9. The summed E-state index contributed by atoms with van der Waals surface area (Å²) in [6, 6.07) is 6.90. The van der Waals surface area contributed by atoms with Crippen molar-refractivity contribution in [1.29, 1.82) is 0 Å². The maximum atomic E-state index is 11.9. The molecule has 0 radical (unpaired) electrons. The summed E-state index contributed by atoms with van der Waals surface area (Å²) in [6.45, 7) is 1.80. The third-order valence-corrected chi connectivity index (χ3v) is 3.14. The number of aryl methyl sites for hydroxylation is 1. The van der Waals surface area contributed by atoms with E-state index in [0.717, 1.165) is 11.3 Å². The van der Waals surface area contributed by atoms with E-state index in [1.54, 1.807) is 31.2 Å². The van der Waals surface area contributed by atoms with E-state index in [-0.39, 0.29) is 12.2 Å². The van der Waals surface area contributed by atoms with Gasteiger partial charge in [0.25, 0.3) is 0 Å². The van der Waals surface area contributed by atoms with E-state index in [9.17, 15) is 4.79 Å². The van der Waals surface area contributed by atoms with Gasteiger partial charge in [0, 0.05) is 6.42 Å². The van der Waals surface area contributed by atoms with Gasteiger partial charge in [0.15, 0.2) is 5.78 Å². The number of carbonyl (C=O) groups excluding carboxylic acids is 1. The molecule has 2 aromatic rings. The first kappa shape index (κ1) is 12.2. The van der Waals surface area contributed by atoms with Crippen molar-refractivity contribution in [2.24, 2.45) is 0 Å². The van der Waals surface area contributed by atoms with E-state index in [4.69, 9.17) is 27.6 Å². The highest BCUT2D eigenvalue weighted by Gasteiger charge is 2.10. The van der Waals surface area contributed by atoms with Crippen LogP contribution in [0.2, 0.25) is 10.0 Å². The number of rotatable bonds is 3. The van der Waals surface area contributed by atoms with E-state index in [0.29, 0.717) is 15.6 Å². The first-order chi connectivity index (χ1) is 8.06. The van der Waals surface area contributed by atoms with E-state index in [1.807, 2.05) is 0 Å². The number of halogens is 2. The van der Waals surface area contributed by atoms with Crippen LogP contribution in [0.25, 0.3) is 0 Å². The van der Waals surface area contributed by atoms with Crippen LogP contribution in [-0.2, 0) is 6.42 Å². The molecule has 0 aliphatic heterocycles. The predicted molar refractivity (Wildman–Crippen MR) is 67.9 cm³/mol. The van der Waals surface area contributed by atoms with Crippen molar-refractivity contribution >= 4 is 29.0 Å². The number of hydrogen-bond donors (Lipinski definition) is 0. The molecule has 4 heteroatoms. The Bertz CT molecular complexity index is 558. The summed E-state index contributed by atoms with van der Waals surface area (Å²) in [6.07, 6.45) is 1.76. The molecule has 0 N–H and O–H groups in total. The Labute approximate surface area is 109 Å². The van der Waals surface area contributed by atoms with Crippen LogP contribution in [-0.4, -0.2) is 5.78 Å². The fourth-order valence-corrected chi connectivity index (χ4v) is 1.85. The van der Waals surface area contributed by atoms with Gasteiger partial charge in [-0.15, -0.1) is 0 Å². The molecule has 17 heavy (non-hydrogen) atoms. The minimum Gasteiger partial charge on any atom is -0.469 e. The van der Waals surface area contributed by atoms with Gasteiger partial charge in [-0.25, -0.2) is 0 Å². The maximum absolute atomic E-state index is 11.9. The van der Waals surface area contributed by atoms with Crippen molar-refractivity contribution in [3.8, 4) is 0 Å². The topological polar surface area (TPSA) is 30.2 Å². The quantitative estimate of drug-likeness (QED) is 0.777. The molecule has 1 aromatic heterocycles. The molecule has 0 saturated carbocycles. The summed E-state index contributed by atoms with van der Waals surface area (Å²) in [7, 11) is 0. The highest BCUT2D eigenvalue weighted by Crippen LogP contribution is 2.23. The Kier molecular flexibility index (Phi) is 3.55. The van der Waals surface area contributed by atoms with Crippen LogP contribution in [0.3, 0.4) is 0 Å². The molecule has 1 heterocycles. The number of Topliss-reactive ketones (excluding diaryl/α,β-unsaturated/α-hetero) is 1. The predicted octanol–water partition coefficient (Wildman–Crippen LogP) is 4.32. The van der Waals surface area contributed by atoms with Crippen LogP contribution in [0.5, 0.6) is 0 Å². The summed E-state index contributed by atoms with van der Waals surface area (Å²) in [5.41, 5.74) is 1.41. The Hall–Kier alpha value is -1.25. The molecule has 0 aliphatic rings. The Morgan fingerprint density at radius 2 is 2.00 bits per heavy atom. The zero-order chi connectivity index (χ0) is 12.4. The van der Waals surface area contributed by atoms with E-state index < -0.39 is 0 Å². The lowest BCUT2D eigenvalue weighted by molar-refractivity contribution is 0.0992. The van der Waals surface area contributed by atoms with Crippen LogP contribution in [0, 0.1) is 6.92 Å². The van der Waals surface area contributed by atoms with Crippen LogP contribution < -0.4 is 0 Å². The average molecular weight is 269 g/mol. The summed E-state index contributed by atoms with van der Waals surface area (Å²) >= 11 is 11.7. The molecular weight excluding hydrogens is 259 g/mol. The van der Waals surface area contributed by atoms with E-state index >= 15 is 0 Å². The van der Waals surface area contributed by atoms with Crippen LogP contribution in [0.15, 0.2) is 34.9 Å². The van der Waals surface area contributed by atoms with Gasteiger partial charge in [-0.2, -0.15) is 0 Å². The van der Waals surface area contributed by atoms with E-state index in [2.05, 4.69) is 0 Å². The van der Waals surface area contributed by atoms with Gasteiger partial charge in [-0.05, 0) is 30.7 Å². The largest absolute Gasteiger partial charge is 0.469 e. The Morgan fingerprint density at radius 1 is 1.24 bits per heavy atom. The molecule has 0 spiro atoms. The lowest BCUT2D eigenvalue weighted by atomic mass is 10.1. The second kappa shape index (κ2) is 4.94. The molecule has 2 nitrogen and oxygen atoms in total. The Balaban J connectivity index is 2.15. The highest BCUT2D eigenvalue weighted by molar-refractivity contribution is 6.42. The molecule has 0 saturated heterocycles. The third-order valence-electron chi connectivity index (χ3n) is 2.40. The smallest absolute Gasteiger partial charge is 0.170 e. The van der Waals surface area contributed by atoms with Crippen LogP contribution >= 0.6 is 23.2 Å². The summed E-state index contributed by atoms with van der Waals surface area (Å²) in [5, 5.41) is 0.947. The van der Waals surface area contributed by atoms with Gasteiger partial charge in [0.1, 0.15) is 12.0 Å². The SMILES string of the molecule is Cc1cc(C(=O)Cc2ccc(Cl)c(Cl)c2)co1. The molecule has 88 valence electrons. The van der Waals surface area contributed by atoms with Crippen molar-refractivity contribution < 1.29 is 9.21 Å². The number of carbonyl (C=O) groups is 1. The van der Waals surface area contributed by atoms with Gasteiger partial charge in [-0.3, -0.25) is 4.79 Å². The number of hydrogen-bond acceptors (Lipinski definition) is 2. The fourth-order valence-electron chi connectivity index (χ4n) is 1.53. The lowest BCUT2D eigenvalue weighted by Gasteiger charge is -2.01. The Morgan fingerprint density at radius 3 is 2.59 bits per heavy atom. The van der Waals surface area contributed by atoms with Crippen LogP contribution in [0.4, 0.5) is 0 Å². The van der Waals surface area contributed by atoms with Crippen molar-refractivity contribution in [2.45, 2.75) is 13.3 Å². The van der Waals surface area contributed by atoms with E-state index in [1.165, 1.54) is 6.26 Å². The molecule has 0 aliphatic carbocycles. The normalized spacial score (nSPS) is 10.5. The highest BCUT2D eigenvalue weighted by atomic mass is 35.5. The number of benzene rings is 1. The van der Waals surface area contributed by atoms with Gasteiger partial charge in [0.05, 0.1) is 15.6 Å². The minimum absolute atomic E-state index is 0.000221. The molecule has 2 rings (SSSR count). The number of ketones is 1. The van der Waals surface area contributed by atoms with Crippen molar-refractivity contribution in [3.05, 3.63) is 57.5 Å². The molecule has 0 unspecified atom stereocenters. The molecule has 0 amide bonds. The zero-order valence-electron chi connectivity index (χ0n) is 9.17. The van der Waals surface area contributed by atoms with Crippen molar-refractivity contribution in [2.75, 3.05) is 0 Å². The molecule has 0 atom stereocenters. The second-order valence-electron chi connectivity index (χ2n) is 3.79. The third kappa shape index (κ3) is 2.90. The minimum atomic E-state index is 0.000221. The number of furan rings is 1. The lowest BCUT2D eigenvalue weighted by Crippen LogP contribution is -2.01. The molecular formula is C13H10Cl2O2. The zero-order valence-corrected chi connectivity index (χ0v) is 10.7. The first-order valence-electron chi connectivity index (χ1n) is 5.08. The summed E-state index contributed by atoms with van der Waals surface area (Å²) in [5.74, 6) is 0.725. The van der Waals surface area contributed by atoms with Gasteiger partial charge < -0.3 is 4.42 Å². The maximum Gasteiger partial charge on any atom is 0.170 e. The average Bonchev–Trinajstić information content (AvgIpc) is 2.70. The van der Waals surface area contributed by atoms with Gasteiger partial charge >= 0.3 is 0 Å².